The van der Waals surface area contributed by atoms with Crippen molar-refractivity contribution >= 4 is 34.8 Å². The van der Waals surface area contributed by atoms with Crippen molar-refractivity contribution in [3.05, 3.63) is 52.7 Å². The maximum atomic E-state index is 11.6. The van der Waals surface area contributed by atoms with E-state index in [1.165, 1.54) is 6.92 Å². The minimum absolute atomic E-state index is 0.125. The minimum atomic E-state index is -0.125. The average Bonchev–Trinajstić information content (AvgIpc) is 3.01. The van der Waals surface area contributed by atoms with Gasteiger partial charge in [0.1, 0.15) is 0 Å². The molecule has 0 bridgehead atoms. The Morgan fingerprint density at radius 3 is 2.52 bits per heavy atom. The van der Waals surface area contributed by atoms with Crippen LogP contribution >= 0.6 is 11.6 Å². The number of methoxy groups -OCH3 is 1. The van der Waals surface area contributed by atoms with Gasteiger partial charge in [0, 0.05) is 22.9 Å². The van der Waals surface area contributed by atoms with Gasteiger partial charge < -0.3 is 14.9 Å². The van der Waals surface area contributed by atoms with E-state index in [2.05, 4.69) is 5.73 Å². The Labute approximate surface area is 150 Å². The molecule has 0 atom stereocenters. The fraction of sp³-hybridized carbons (Fsp3) is 0.158. The second kappa shape index (κ2) is 7.85. The van der Waals surface area contributed by atoms with Crippen LogP contribution in [0.4, 0.5) is 0 Å². The third-order valence-electron chi connectivity index (χ3n) is 3.71. The third kappa shape index (κ3) is 3.67. The molecular formula is C19H18ClNO4. The molecule has 0 fully saturated rings. The van der Waals surface area contributed by atoms with Gasteiger partial charge in [-0.25, -0.2) is 0 Å². The molecule has 0 spiro atoms. The number of ether oxygens (including phenoxy) is 1. The van der Waals surface area contributed by atoms with Crippen LogP contribution in [0.15, 0.2) is 40.8 Å². The lowest BCUT2D eigenvalue weighted by molar-refractivity contribution is -0.106. The van der Waals surface area contributed by atoms with Crippen LogP contribution in [0.3, 0.4) is 0 Å². The minimum Gasteiger partial charge on any atom is -0.493 e. The topological polar surface area (TPSA) is 82.5 Å². The number of amides is 1. The van der Waals surface area contributed by atoms with Crippen molar-refractivity contribution in [2.75, 3.05) is 7.11 Å². The average molecular weight is 360 g/mol. The molecule has 3 aromatic rings. The van der Waals surface area contributed by atoms with E-state index in [-0.39, 0.29) is 12.2 Å². The van der Waals surface area contributed by atoms with Crippen LogP contribution < -0.4 is 10.5 Å². The standard InChI is InChI=1S/C18H15ClO3.CH3NO/c1-10-5-4-6-14(19)17(10)12-7-8-15(21-3)18-13(12)9-16(22-18)11(2)20;2-1-3/h4-9H,1-3H3;1H,(H2,2,3). The van der Waals surface area contributed by atoms with E-state index in [9.17, 15) is 4.79 Å². The number of ketones is 1. The summed E-state index contributed by atoms with van der Waals surface area (Å²) in [7, 11) is 1.57. The molecule has 2 aromatic carbocycles. The van der Waals surface area contributed by atoms with Crippen molar-refractivity contribution in [3.8, 4) is 16.9 Å². The molecule has 5 nitrogen and oxygen atoms in total. The zero-order valence-corrected chi connectivity index (χ0v) is 14.9. The number of nitrogens with two attached hydrogens (primary N) is 1. The molecule has 0 aliphatic rings. The summed E-state index contributed by atoms with van der Waals surface area (Å²) >= 11 is 6.38. The monoisotopic (exact) mass is 359 g/mol. The van der Waals surface area contributed by atoms with Crippen LogP contribution in [0.5, 0.6) is 5.75 Å². The van der Waals surface area contributed by atoms with Crippen molar-refractivity contribution in [2.45, 2.75) is 13.8 Å². The maximum Gasteiger partial charge on any atom is 0.204 e. The van der Waals surface area contributed by atoms with Gasteiger partial charge in [-0.2, -0.15) is 0 Å². The summed E-state index contributed by atoms with van der Waals surface area (Å²) in [6, 6.07) is 11.3. The predicted octanol–water partition coefficient (Wildman–Crippen LogP) is 4.37. The first kappa shape index (κ1) is 18.5. The molecule has 0 unspecified atom stereocenters. The van der Waals surface area contributed by atoms with Gasteiger partial charge in [-0.15, -0.1) is 0 Å². The van der Waals surface area contributed by atoms with Gasteiger partial charge in [0.15, 0.2) is 22.9 Å². The Bertz CT molecular complexity index is 910. The molecule has 25 heavy (non-hydrogen) atoms. The summed E-state index contributed by atoms with van der Waals surface area (Å²) in [5, 5.41) is 1.48. The van der Waals surface area contributed by atoms with Gasteiger partial charge in [-0.1, -0.05) is 23.7 Å². The van der Waals surface area contributed by atoms with Crippen molar-refractivity contribution in [2.24, 2.45) is 5.73 Å². The molecule has 2 N–H and O–H groups in total. The number of furan rings is 1. The zero-order valence-electron chi connectivity index (χ0n) is 14.1. The number of halogens is 1. The Kier molecular flexibility index (Phi) is 5.83. The number of aryl methyl sites for hydroxylation is 1. The van der Waals surface area contributed by atoms with Gasteiger partial charge in [0.25, 0.3) is 0 Å². The normalized spacial score (nSPS) is 10.1. The van der Waals surface area contributed by atoms with E-state index in [0.29, 0.717) is 22.1 Å². The van der Waals surface area contributed by atoms with Crippen LogP contribution in [0.1, 0.15) is 23.0 Å². The molecule has 6 heteroatoms. The van der Waals surface area contributed by atoms with Crippen molar-refractivity contribution < 1.29 is 18.7 Å². The zero-order chi connectivity index (χ0) is 18.6. The maximum absolute atomic E-state index is 11.6. The van der Waals surface area contributed by atoms with Crippen LogP contribution in [0.2, 0.25) is 5.02 Å². The molecular weight excluding hydrogens is 342 g/mol. The van der Waals surface area contributed by atoms with Gasteiger partial charge in [-0.05, 0) is 42.3 Å². The first-order chi connectivity index (χ1) is 11.9. The van der Waals surface area contributed by atoms with Crippen molar-refractivity contribution in [3.63, 3.8) is 0 Å². The molecule has 1 heterocycles. The smallest absolute Gasteiger partial charge is 0.204 e. The van der Waals surface area contributed by atoms with Crippen LogP contribution in [-0.2, 0) is 4.79 Å². The fourth-order valence-electron chi connectivity index (χ4n) is 2.62. The molecule has 0 saturated carbocycles. The van der Waals surface area contributed by atoms with E-state index in [0.717, 1.165) is 22.1 Å². The van der Waals surface area contributed by atoms with E-state index in [1.54, 1.807) is 13.2 Å². The highest BCUT2D eigenvalue weighted by Crippen LogP contribution is 2.40. The number of rotatable bonds is 3. The lowest BCUT2D eigenvalue weighted by atomic mass is 9.97. The molecule has 0 aliphatic heterocycles. The van der Waals surface area contributed by atoms with Crippen LogP contribution in [0.25, 0.3) is 22.1 Å². The fourth-order valence-corrected chi connectivity index (χ4v) is 2.95. The molecule has 1 amide bonds. The Morgan fingerprint density at radius 1 is 1.28 bits per heavy atom. The molecule has 0 radical (unpaired) electrons. The summed E-state index contributed by atoms with van der Waals surface area (Å²) in [6.45, 7) is 3.48. The SMILES string of the molecule is COc1ccc(-c2c(C)cccc2Cl)c2cc(C(C)=O)oc12.NC=O. The lowest BCUT2D eigenvalue weighted by Gasteiger charge is -2.10. The molecule has 3 rings (SSSR count). The summed E-state index contributed by atoms with van der Waals surface area (Å²) in [5.41, 5.74) is 7.65. The Morgan fingerprint density at radius 2 is 1.96 bits per heavy atom. The highest BCUT2D eigenvalue weighted by atomic mass is 35.5. The second-order valence-corrected chi connectivity index (χ2v) is 5.70. The number of hydrogen-bond acceptors (Lipinski definition) is 4. The summed E-state index contributed by atoms with van der Waals surface area (Å²) in [5.74, 6) is 0.779. The van der Waals surface area contributed by atoms with E-state index < -0.39 is 0 Å². The van der Waals surface area contributed by atoms with Gasteiger partial charge in [0.2, 0.25) is 6.41 Å². The van der Waals surface area contributed by atoms with Crippen LogP contribution in [0, 0.1) is 6.92 Å². The highest BCUT2D eigenvalue weighted by molar-refractivity contribution is 6.34. The highest BCUT2D eigenvalue weighted by Gasteiger charge is 2.18. The third-order valence-corrected chi connectivity index (χ3v) is 4.02. The first-order valence-corrected chi connectivity index (χ1v) is 7.84. The quantitative estimate of drug-likeness (QED) is 0.556. The Balaban J connectivity index is 0.000000701. The largest absolute Gasteiger partial charge is 0.493 e. The van der Waals surface area contributed by atoms with Gasteiger partial charge >= 0.3 is 0 Å². The summed E-state index contributed by atoms with van der Waals surface area (Å²) < 4.78 is 11.0. The number of carbonyl (C=O) groups excluding carboxylic acids is 2. The van der Waals surface area contributed by atoms with Gasteiger partial charge in [-0.3, -0.25) is 9.59 Å². The predicted molar refractivity (Wildman–Crippen MR) is 98.2 cm³/mol. The van der Waals surface area contributed by atoms with E-state index in [4.69, 9.17) is 25.5 Å². The Hall–Kier alpha value is -2.79. The number of carbonyl (C=O) groups is 2. The molecule has 0 aliphatic carbocycles. The van der Waals surface area contributed by atoms with Crippen LogP contribution in [-0.4, -0.2) is 19.3 Å². The van der Waals surface area contributed by atoms with Crippen molar-refractivity contribution in [1.82, 2.24) is 0 Å². The lowest BCUT2D eigenvalue weighted by Crippen LogP contribution is -1.88. The van der Waals surface area contributed by atoms with E-state index in [1.807, 2.05) is 37.3 Å². The number of Topliss-reactive ketones (excluding diaryl/α,β-unsaturated/α-hetero) is 1. The number of primary amides is 1. The summed E-state index contributed by atoms with van der Waals surface area (Å²) in [6.07, 6.45) is 0.250. The second-order valence-electron chi connectivity index (χ2n) is 5.29. The van der Waals surface area contributed by atoms with Gasteiger partial charge in [0.05, 0.1) is 7.11 Å². The number of fused-ring (bicyclic) bond motifs is 1. The first-order valence-electron chi connectivity index (χ1n) is 7.46. The molecule has 0 saturated heterocycles. The number of benzene rings is 2. The van der Waals surface area contributed by atoms with Crippen molar-refractivity contribution in [1.29, 1.82) is 0 Å². The summed E-state index contributed by atoms with van der Waals surface area (Å²) in [4.78, 5) is 20.2. The number of hydrogen-bond donors (Lipinski definition) is 1. The molecule has 1 aromatic heterocycles. The molecule has 130 valence electrons. The van der Waals surface area contributed by atoms with E-state index >= 15 is 0 Å².